The van der Waals surface area contributed by atoms with Crippen molar-refractivity contribution < 1.29 is 9.53 Å². The second-order valence-corrected chi connectivity index (χ2v) is 7.84. The van der Waals surface area contributed by atoms with Crippen LogP contribution >= 0.6 is 23.2 Å². The van der Waals surface area contributed by atoms with Gasteiger partial charge in [-0.15, -0.1) is 0 Å². The van der Waals surface area contributed by atoms with E-state index in [1.54, 1.807) is 18.2 Å². The fourth-order valence-electron chi connectivity index (χ4n) is 3.18. The van der Waals surface area contributed by atoms with Crippen molar-refractivity contribution in [3.05, 3.63) is 64.1 Å². The van der Waals surface area contributed by atoms with E-state index in [2.05, 4.69) is 22.2 Å². The molecule has 0 bridgehead atoms. The first-order valence-electron chi connectivity index (χ1n) is 9.34. The number of benzene rings is 2. The number of carbonyl (C=O) groups excluding carboxylic acids is 1. The highest BCUT2D eigenvalue weighted by molar-refractivity contribution is 6.35. The molecule has 28 heavy (non-hydrogen) atoms. The highest BCUT2D eigenvalue weighted by Gasteiger charge is 2.21. The number of nitrogens with zero attached hydrogens (tertiary/aromatic N) is 2. The van der Waals surface area contributed by atoms with Gasteiger partial charge in [0, 0.05) is 37.7 Å². The third-order valence-corrected chi connectivity index (χ3v) is 5.36. The number of nitrogens with one attached hydrogen (secondary N) is 1. The predicted molar refractivity (Wildman–Crippen MR) is 113 cm³/mol. The van der Waals surface area contributed by atoms with E-state index in [-0.39, 0.29) is 18.6 Å². The van der Waals surface area contributed by atoms with Gasteiger partial charge in [0.05, 0.1) is 11.1 Å². The maximum Gasteiger partial charge on any atom is 0.258 e. The molecular formula is C21H25Cl2N3O2. The smallest absolute Gasteiger partial charge is 0.258 e. The van der Waals surface area contributed by atoms with Crippen molar-refractivity contribution in [2.24, 2.45) is 0 Å². The molecule has 1 unspecified atom stereocenters. The molecule has 1 aliphatic heterocycles. The average Bonchev–Trinajstić information content (AvgIpc) is 2.69. The summed E-state index contributed by atoms with van der Waals surface area (Å²) in [4.78, 5) is 17.2. The quantitative estimate of drug-likeness (QED) is 0.742. The van der Waals surface area contributed by atoms with Crippen LogP contribution in [0.4, 0.5) is 0 Å². The van der Waals surface area contributed by atoms with Crippen LogP contribution < -0.4 is 10.1 Å². The molecule has 0 spiro atoms. The molecule has 1 atom stereocenters. The largest absolute Gasteiger partial charge is 0.482 e. The number of likely N-dealkylation sites (N-methyl/N-ethyl adjacent to an activating group) is 1. The molecule has 1 aliphatic rings. The molecule has 0 aliphatic carbocycles. The Bertz CT molecular complexity index is 780. The molecule has 1 fully saturated rings. The van der Waals surface area contributed by atoms with Gasteiger partial charge < -0.3 is 15.0 Å². The first-order chi connectivity index (χ1) is 13.5. The molecule has 5 nitrogen and oxygen atoms in total. The first kappa shape index (κ1) is 20.9. The topological polar surface area (TPSA) is 44.8 Å². The van der Waals surface area contributed by atoms with Crippen molar-refractivity contribution in [1.82, 2.24) is 15.1 Å². The van der Waals surface area contributed by atoms with Crippen molar-refractivity contribution in [3.8, 4) is 5.75 Å². The summed E-state index contributed by atoms with van der Waals surface area (Å²) in [5.74, 6) is 0.255. The number of piperazine rings is 1. The van der Waals surface area contributed by atoms with E-state index in [1.807, 2.05) is 30.3 Å². The van der Waals surface area contributed by atoms with Crippen LogP contribution in [0.2, 0.25) is 10.0 Å². The Morgan fingerprint density at radius 2 is 1.82 bits per heavy atom. The molecule has 1 saturated heterocycles. The first-order valence-corrected chi connectivity index (χ1v) is 10.1. The monoisotopic (exact) mass is 421 g/mol. The summed E-state index contributed by atoms with van der Waals surface area (Å²) < 4.78 is 5.57. The van der Waals surface area contributed by atoms with Gasteiger partial charge in [-0.3, -0.25) is 9.69 Å². The lowest BCUT2D eigenvalue weighted by molar-refractivity contribution is -0.124. The van der Waals surface area contributed by atoms with Gasteiger partial charge in [-0.2, -0.15) is 0 Å². The van der Waals surface area contributed by atoms with Crippen LogP contribution in [-0.2, 0) is 4.79 Å². The van der Waals surface area contributed by atoms with Gasteiger partial charge in [-0.25, -0.2) is 0 Å². The van der Waals surface area contributed by atoms with Gasteiger partial charge in [-0.1, -0.05) is 53.5 Å². The summed E-state index contributed by atoms with van der Waals surface area (Å²) >= 11 is 12.0. The van der Waals surface area contributed by atoms with Crippen LogP contribution in [-0.4, -0.2) is 62.1 Å². The van der Waals surface area contributed by atoms with Gasteiger partial charge in [0.25, 0.3) is 5.91 Å². The molecule has 2 aromatic carbocycles. The molecule has 1 heterocycles. The zero-order valence-electron chi connectivity index (χ0n) is 15.9. The van der Waals surface area contributed by atoms with E-state index in [9.17, 15) is 4.79 Å². The van der Waals surface area contributed by atoms with Crippen LogP contribution in [0.3, 0.4) is 0 Å². The summed E-state index contributed by atoms with van der Waals surface area (Å²) in [6.45, 7) is 4.72. The van der Waals surface area contributed by atoms with Crippen molar-refractivity contribution in [3.63, 3.8) is 0 Å². The third-order valence-electron chi connectivity index (χ3n) is 4.83. The van der Waals surface area contributed by atoms with Gasteiger partial charge in [0.2, 0.25) is 0 Å². The van der Waals surface area contributed by atoms with E-state index in [4.69, 9.17) is 27.9 Å². The van der Waals surface area contributed by atoms with Crippen molar-refractivity contribution in [2.75, 3.05) is 46.4 Å². The lowest BCUT2D eigenvalue weighted by Crippen LogP contribution is -2.48. The Hall–Kier alpha value is -1.79. The Kier molecular flexibility index (Phi) is 7.57. The van der Waals surface area contributed by atoms with Crippen LogP contribution in [0.1, 0.15) is 11.6 Å². The minimum atomic E-state index is -0.186. The minimum absolute atomic E-state index is 0.0959. The summed E-state index contributed by atoms with van der Waals surface area (Å²) in [6, 6.07) is 14.9. The van der Waals surface area contributed by atoms with E-state index in [0.29, 0.717) is 15.8 Å². The Morgan fingerprint density at radius 3 is 2.50 bits per heavy atom. The standard InChI is InChI=1S/C21H25Cl2N3O2/c1-25-9-11-26(12-10-25)14-19(16-5-3-2-4-6-16)24-21(27)15-28-20-8-7-17(22)13-18(20)23/h2-8,13,19H,9-12,14-15H2,1H3,(H,24,27). The molecule has 0 saturated carbocycles. The summed E-state index contributed by atoms with van der Waals surface area (Å²) in [5, 5.41) is 4.02. The van der Waals surface area contributed by atoms with Crippen molar-refractivity contribution >= 4 is 29.1 Å². The van der Waals surface area contributed by atoms with E-state index < -0.39 is 0 Å². The second-order valence-electron chi connectivity index (χ2n) is 7.00. The number of rotatable bonds is 7. The fraction of sp³-hybridized carbons (Fsp3) is 0.381. The second kappa shape index (κ2) is 10.1. The average molecular weight is 422 g/mol. The highest BCUT2D eigenvalue weighted by atomic mass is 35.5. The molecule has 1 N–H and O–H groups in total. The summed E-state index contributed by atoms with van der Waals surface area (Å²) in [5.41, 5.74) is 1.08. The van der Waals surface area contributed by atoms with Crippen molar-refractivity contribution in [1.29, 1.82) is 0 Å². The number of carbonyl (C=O) groups is 1. The van der Waals surface area contributed by atoms with E-state index >= 15 is 0 Å². The van der Waals surface area contributed by atoms with E-state index in [1.165, 1.54) is 0 Å². The maximum absolute atomic E-state index is 12.5. The lowest BCUT2D eigenvalue weighted by atomic mass is 10.1. The molecule has 2 aromatic rings. The maximum atomic E-state index is 12.5. The van der Waals surface area contributed by atoms with Crippen LogP contribution in [0.25, 0.3) is 0 Å². The molecule has 0 aromatic heterocycles. The van der Waals surface area contributed by atoms with Gasteiger partial charge >= 0.3 is 0 Å². The third kappa shape index (κ3) is 6.11. The number of ether oxygens (including phenoxy) is 1. The highest BCUT2D eigenvalue weighted by Crippen LogP contribution is 2.27. The predicted octanol–water partition coefficient (Wildman–Crippen LogP) is 3.48. The molecule has 7 heteroatoms. The number of amides is 1. The fourth-order valence-corrected chi connectivity index (χ4v) is 3.64. The zero-order chi connectivity index (χ0) is 19.9. The Balaban J connectivity index is 1.60. The van der Waals surface area contributed by atoms with Crippen LogP contribution in [0.15, 0.2) is 48.5 Å². The molecule has 3 rings (SSSR count). The number of halogens is 2. The van der Waals surface area contributed by atoms with Crippen LogP contribution in [0.5, 0.6) is 5.75 Å². The molecular weight excluding hydrogens is 397 g/mol. The Morgan fingerprint density at radius 1 is 1.11 bits per heavy atom. The minimum Gasteiger partial charge on any atom is -0.482 e. The van der Waals surface area contributed by atoms with Gasteiger partial charge in [0.15, 0.2) is 6.61 Å². The molecule has 1 amide bonds. The van der Waals surface area contributed by atoms with Gasteiger partial charge in [0.1, 0.15) is 5.75 Å². The molecule has 150 valence electrons. The molecule has 0 radical (unpaired) electrons. The Labute approximate surface area is 176 Å². The summed E-state index contributed by atoms with van der Waals surface area (Å²) in [6.07, 6.45) is 0. The number of hydrogen-bond donors (Lipinski definition) is 1. The lowest BCUT2D eigenvalue weighted by Gasteiger charge is -2.35. The number of hydrogen-bond acceptors (Lipinski definition) is 4. The van der Waals surface area contributed by atoms with Gasteiger partial charge in [-0.05, 0) is 30.8 Å². The zero-order valence-corrected chi connectivity index (χ0v) is 17.4. The summed E-state index contributed by atoms with van der Waals surface area (Å²) in [7, 11) is 2.13. The normalized spacial score (nSPS) is 16.5. The van der Waals surface area contributed by atoms with Crippen LogP contribution in [0, 0.1) is 0 Å². The SMILES string of the molecule is CN1CCN(CC(NC(=O)COc2ccc(Cl)cc2Cl)c2ccccc2)CC1. The van der Waals surface area contributed by atoms with Crippen molar-refractivity contribution in [2.45, 2.75) is 6.04 Å². The van der Waals surface area contributed by atoms with E-state index in [0.717, 1.165) is 38.3 Å².